The van der Waals surface area contributed by atoms with Gasteiger partial charge >= 0.3 is 0 Å². The van der Waals surface area contributed by atoms with Crippen LogP contribution in [-0.2, 0) is 0 Å². The molecule has 1 aromatic rings. The fraction of sp³-hybridized carbons (Fsp3) is 0.462. The molecular weight excluding hydrogens is 328 g/mol. The Balaban J connectivity index is 1.61. The molecule has 0 aromatic heterocycles. The molecule has 0 amide bonds. The summed E-state index contributed by atoms with van der Waals surface area (Å²) in [4.78, 5) is 0. The average molecular weight is 363 g/mol. The minimum absolute atomic E-state index is 0.569. The Labute approximate surface area is 165 Å². The second-order valence-electron chi connectivity index (χ2n) is 7.84. The molecule has 27 heavy (non-hydrogen) atoms. The SMILES string of the molecule is CC1=C(CC/C=C/CC/C(C)=C/CCC#Cc2ccccc2)C(C)(O)CC1. The van der Waals surface area contributed by atoms with Crippen molar-refractivity contribution in [1.29, 1.82) is 0 Å². The zero-order valence-electron chi connectivity index (χ0n) is 17.2. The minimum atomic E-state index is -0.569. The van der Waals surface area contributed by atoms with Gasteiger partial charge in [0, 0.05) is 12.0 Å². The second-order valence-corrected chi connectivity index (χ2v) is 7.84. The molecule has 0 spiro atoms. The molecule has 0 bridgehead atoms. The Morgan fingerprint density at radius 3 is 2.59 bits per heavy atom. The average Bonchev–Trinajstić information content (AvgIpc) is 2.91. The molecule has 1 heteroatoms. The lowest BCUT2D eigenvalue weighted by Crippen LogP contribution is -2.22. The molecule has 0 aliphatic heterocycles. The number of aliphatic hydroxyl groups is 1. The summed E-state index contributed by atoms with van der Waals surface area (Å²) >= 11 is 0. The zero-order valence-corrected chi connectivity index (χ0v) is 17.2. The van der Waals surface area contributed by atoms with Gasteiger partial charge in [-0.3, -0.25) is 0 Å². The maximum Gasteiger partial charge on any atom is 0.0834 e. The Kier molecular flexibility index (Phi) is 8.62. The zero-order chi connectivity index (χ0) is 19.5. The molecule has 1 aliphatic rings. The summed E-state index contributed by atoms with van der Waals surface area (Å²) in [6, 6.07) is 10.2. The topological polar surface area (TPSA) is 20.2 Å². The van der Waals surface area contributed by atoms with E-state index in [0.29, 0.717) is 0 Å². The summed E-state index contributed by atoms with van der Waals surface area (Å²) in [5.74, 6) is 6.45. The van der Waals surface area contributed by atoms with E-state index in [4.69, 9.17) is 0 Å². The molecule has 0 radical (unpaired) electrons. The van der Waals surface area contributed by atoms with Crippen LogP contribution in [0.2, 0.25) is 0 Å². The van der Waals surface area contributed by atoms with Crippen LogP contribution in [0.25, 0.3) is 0 Å². The van der Waals surface area contributed by atoms with Gasteiger partial charge in [0.1, 0.15) is 0 Å². The first kappa shape index (κ1) is 21.3. The van der Waals surface area contributed by atoms with E-state index in [1.54, 1.807) is 0 Å². The first-order chi connectivity index (χ1) is 13.0. The molecule has 1 atom stereocenters. The largest absolute Gasteiger partial charge is 0.386 e. The Morgan fingerprint density at radius 2 is 1.89 bits per heavy atom. The van der Waals surface area contributed by atoms with Crippen LogP contribution in [0.1, 0.15) is 77.7 Å². The highest BCUT2D eigenvalue weighted by Gasteiger charge is 2.31. The van der Waals surface area contributed by atoms with E-state index in [1.165, 1.54) is 16.7 Å². The third-order valence-corrected chi connectivity index (χ3v) is 5.35. The normalized spacial score (nSPS) is 20.2. The van der Waals surface area contributed by atoms with Gasteiger partial charge < -0.3 is 5.11 Å². The van der Waals surface area contributed by atoms with E-state index in [9.17, 15) is 5.11 Å². The van der Waals surface area contributed by atoms with Gasteiger partial charge in [0.05, 0.1) is 5.60 Å². The number of benzene rings is 1. The van der Waals surface area contributed by atoms with Gasteiger partial charge in [-0.25, -0.2) is 0 Å². The van der Waals surface area contributed by atoms with Crippen LogP contribution >= 0.6 is 0 Å². The highest BCUT2D eigenvalue weighted by molar-refractivity contribution is 5.33. The molecule has 1 aromatic carbocycles. The smallest absolute Gasteiger partial charge is 0.0834 e. The molecule has 1 N–H and O–H groups in total. The summed E-state index contributed by atoms with van der Waals surface area (Å²) in [5.41, 5.74) is 4.62. The molecule has 1 aliphatic carbocycles. The predicted octanol–water partition coefficient (Wildman–Crippen LogP) is 6.74. The van der Waals surface area contributed by atoms with Gasteiger partial charge in [0.2, 0.25) is 0 Å². The predicted molar refractivity (Wildman–Crippen MR) is 116 cm³/mol. The lowest BCUT2D eigenvalue weighted by molar-refractivity contribution is 0.0965. The number of allylic oxidation sites excluding steroid dienone is 5. The van der Waals surface area contributed by atoms with Crippen LogP contribution in [-0.4, -0.2) is 10.7 Å². The summed E-state index contributed by atoms with van der Waals surface area (Å²) in [6.45, 7) is 6.34. The highest BCUT2D eigenvalue weighted by Crippen LogP contribution is 2.37. The van der Waals surface area contributed by atoms with Gasteiger partial charge in [0.25, 0.3) is 0 Å². The molecule has 0 saturated heterocycles. The fourth-order valence-electron chi connectivity index (χ4n) is 3.63. The minimum Gasteiger partial charge on any atom is -0.386 e. The van der Waals surface area contributed by atoms with E-state index in [0.717, 1.165) is 56.9 Å². The number of rotatable bonds is 8. The third-order valence-electron chi connectivity index (χ3n) is 5.35. The fourth-order valence-corrected chi connectivity index (χ4v) is 3.63. The lowest BCUT2D eigenvalue weighted by Gasteiger charge is -2.21. The second kappa shape index (κ2) is 11.0. The van der Waals surface area contributed by atoms with E-state index in [2.05, 4.69) is 43.9 Å². The quantitative estimate of drug-likeness (QED) is 0.308. The Hall–Kier alpha value is -2.04. The number of hydrogen-bond acceptors (Lipinski definition) is 1. The van der Waals surface area contributed by atoms with E-state index < -0.39 is 5.60 Å². The maximum atomic E-state index is 10.4. The van der Waals surface area contributed by atoms with Crippen molar-refractivity contribution in [1.82, 2.24) is 0 Å². The molecule has 1 unspecified atom stereocenters. The summed E-state index contributed by atoms with van der Waals surface area (Å²) in [5, 5.41) is 10.4. The van der Waals surface area contributed by atoms with Crippen molar-refractivity contribution >= 4 is 0 Å². The van der Waals surface area contributed by atoms with Crippen LogP contribution in [0.4, 0.5) is 0 Å². The number of unbranched alkanes of at least 4 members (excludes halogenated alkanes) is 1. The van der Waals surface area contributed by atoms with Crippen LogP contribution < -0.4 is 0 Å². The van der Waals surface area contributed by atoms with E-state index in [-0.39, 0.29) is 0 Å². The van der Waals surface area contributed by atoms with Crippen molar-refractivity contribution < 1.29 is 5.11 Å². The van der Waals surface area contributed by atoms with Gasteiger partial charge in [-0.2, -0.15) is 0 Å². The van der Waals surface area contributed by atoms with Crippen molar-refractivity contribution in [3.05, 3.63) is 70.8 Å². The van der Waals surface area contributed by atoms with Crippen molar-refractivity contribution in [3.63, 3.8) is 0 Å². The lowest BCUT2D eigenvalue weighted by atomic mass is 9.93. The molecule has 0 heterocycles. The van der Waals surface area contributed by atoms with Crippen LogP contribution in [0.5, 0.6) is 0 Å². The van der Waals surface area contributed by atoms with Crippen molar-refractivity contribution in [3.8, 4) is 11.8 Å². The van der Waals surface area contributed by atoms with Crippen LogP contribution in [0.15, 0.2) is 65.3 Å². The van der Waals surface area contributed by atoms with Gasteiger partial charge in [-0.1, -0.05) is 59.4 Å². The summed E-state index contributed by atoms with van der Waals surface area (Å²) < 4.78 is 0. The third kappa shape index (κ3) is 7.61. The molecule has 0 saturated carbocycles. The van der Waals surface area contributed by atoms with Crippen LogP contribution in [0, 0.1) is 11.8 Å². The molecule has 2 rings (SSSR count). The van der Waals surface area contributed by atoms with Crippen molar-refractivity contribution in [2.75, 3.05) is 0 Å². The van der Waals surface area contributed by atoms with Gasteiger partial charge in [-0.15, -0.1) is 0 Å². The molecule has 0 fully saturated rings. The molecule has 144 valence electrons. The van der Waals surface area contributed by atoms with Gasteiger partial charge in [0.15, 0.2) is 0 Å². The van der Waals surface area contributed by atoms with Gasteiger partial charge in [-0.05, 0) is 83.4 Å². The van der Waals surface area contributed by atoms with E-state index >= 15 is 0 Å². The maximum absolute atomic E-state index is 10.4. The summed E-state index contributed by atoms with van der Waals surface area (Å²) in [7, 11) is 0. The highest BCUT2D eigenvalue weighted by atomic mass is 16.3. The van der Waals surface area contributed by atoms with Crippen molar-refractivity contribution in [2.45, 2.75) is 77.7 Å². The standard InChI is InChI=1S/C26H34O/c1-22(15-9-6-10-16-24-17-11-7-12-18-24)14-8-4-5-13-19-25-23(2)20-21-26(25,3)27/h4-5,7,11-12,15,17-18,27H,6,8-9,13-14,19-21H2,1-3H3/b5-4+,22-15+. The van der Waals surface area contributed by atoms with Crippen molar-refractivity contribution in [2.24, 2.45) is 0 Å². The first-order valence-electron chi connectivity index (χ1n) is 10.2. The summed E-state index contributed by atoms with van der Waals surface area (Å²) in [6.07, 6.45) is 15.0. The monoisotopic (exact) mass is 362 g/mol. The van der Waals surface area contributed by atoms with E-state index in [1.807, 2.05) is 37.3 Å². The first-order valence-corrected chi connectivity index (χ1v) is 10.2. The molecule has 1 nitrogen and oxygen atoms in total. The van der Waals surface area contributed by atoms with Crippen LogP contribution in [0.3, 0.4) is 0 Å². The Bertz CT molecular complexity index is 735. The molecular formula is C26H34O. The Morgan fingerprint density at radius 1 is 1.15 bits per heavy atom. The number of hydrogen-bond donors (Lipinski definition) is 1.